The molecule has 0 amide bonds. The minimum atomic E-state index is -4.41. The molecule has 0 aromatic carbocycles. The zero-order chi connectivity index (χ0) is 57.3. The van der Waals surface area contributed by atoms with E-state index < -0.39 is 32.5 Å². The van der Waals surface area contributed by atoms with E-state index in [-0.39, 0.29) is 32.6 Å². The summed E-state index contributed by atoms with van der Waals surface area (Å²) in [6.07, 6.45) is 92.9. The van der Waals surface area contributed by atoms with Crippen molar-refractivity contribution >= 4 is 19.8 Å². The second-order valence-electron chi connectivity index (χ2n) is 19.5. The molecule has 0 aliphatic carbocycles. The molecule has 0 aromatic rings. The number of allylic oxidation sites excluding steroid dienone is 28. The third-order valence-corrected chi connectivity index (χ3v) is 13.1. The van der Waals surface area contributed by atoms with E-state index in [0.29, 0.717) is 12.8 Å². The molecule has 3 N–H and O–H groups in total. The first-order valence-electron chi connectivity index (χ1n) is 30.6. The first kappa shape index (κ1) is 74.4. The summed E-state index contributed by atoms with van der Waals surface area (Å²) in [6.45, 7) is 3.42. The Morgan fingerprint density at radius 1 is 0.380 bits per heavy atom. The molecule has 0 radical (unpaired) electrons. The summed E-state index contributed by atoms with van der Waals surface area (Å²) in [5.41, 5.74) is 5.38. The van der Waals surface area contributed by atoms with Gasteiger partial charge in [-0.3, -0.25) is 18.6 Å². The van der Waals surface area contributed by atoms with Crippen LogP contribution in [-0.2, 0) is 32.7 Å². The first-order valence-corrected chi connectivity index (χ1v) is 32.1. The number of unbranched alkanes of at least 4 members (excludes halogenated alkanes) is 14. The van der Waals surface area contributed by atoms with Gasteiger partial charge in [0.2, 0.25) is 0 Å². The van der Waals surface area contributed by atoms with Gasteiger partial charge in [0.15, 0.2) is 6.10 Å². The van der Waals surface area contributed by atoms with Crippen molar-refractivity contribution in [3.8, 4) is 0 Å². The molecular weight excluding hydrogens is 1000 g/mol. The molecule has 0 bridgehead atoms. The van der Waals surface area contributed by atoms with Crippen LogP contribution in [0.1, 0.15) is 219 Å². The lowest BCUT2D eigenvalue weighted by molar-refractivity contribution is -0.161. The number of rotatable bonds is 55. The van der Waals surface area contributed by atoms with Gasteiger partial charge in [-0.15, -0.1) is 0 Å². The summed E-state index contributed by atoms with van der Waals surface area (Å²) in [4.78, 5) is 35.1. The van der Waals surface area contributed by atoms with Crippen LogP contribution in [0.15, 0.2) is 170 Å². The van der Waals surface area contributed by atoms with Gasteiger partial charge in [-0.05, 0) is 122 Å². The van der Waals surface area contributed by atoms with Crippen LogP contribution in [0.2, 0.25) is 0 Å². The predicted octanol–water partition coefficient (Wildman–Crippen LogP) is 19.8. The number of hydrogen-bond donors (Lipinski definition) is 2. The van der Waals surface area contributed by atoms with Crippen LogP contribution in [0.5, 0.6) is 0 Å². The third-order valence-electron chi connectivity index (χ3n) is 12.1. The van der Waals surface area contributed by atoms with Gasteiger partial charge < -0.3 is 20.1 Å². The average molecular weight is 1110 g/mol. The lowest BCUT2D eigenvalue weighted by Crippen LogP contribution is -2.29. The minimum absolute atomic E-state index is 0.0377. The molecule has 10 heteroatoms. The second-order valence-corrected chi connectivity index (χ2v) is 20.9. The van der Waals surface area contributed by atoms with Gasteiger partial charge in [0.1, 0.15) is 6.61 Å². The number of nitrogens with two attached hydrogens (primary N) is 1. The van der Waals surface area contributed by atoms with Crippen molar-refractivity contribution in [1.82, 2.24) is 0 Å². The fraction of sp³-hybridized carbons (Fsp3) is 0.565. The van der Waals surface area contributed by atoms with Gasteiger partial charge in [-0.1, -0.05) is 255 Å². The monoisotopic (exact) mass is 1110 g/mol. The van der Waals surface area contributed by atoms with Gasteiger partial charge >= 0.3 is 19.8 Å². The topological polar surface area (TPSA) is 134 Å². The number of carbonyl (C=O) groups excluding carboxylic acids is 2. The molecule has 2 atom stereocenters. The highest BCUT2D eigenvalue weighted by atomic mass is 31.2. The number of phosphoric acid groups is 1. The predicted molar refractivity (Wildman–Crippen MR) is 339 cm³/mol. The van der Waals surface area contributed by atoms with Crippen LogP contribution in [0.3, 0.4) is 0 Å². The molecule has 0 fully saturated rings. The maximum absolute atomic E-state index is 12.7. The van der Waals surface area contributed by atoms with E-state index in [1.807, 2.05) is 6.08 Å². The number of phosphoric ester groups is 1. The third kappa shape index (κ3) is 62.4. The summed E-state index contributed by atoms with van der Waals surface area (Å²) in [6, 6.07) is 0. The van der Waals surface area contributed by atoms with Crippen LogP contribution < -0.4 is 5.73 Å². The molecular formula is C69H110NO8P. The van der Waals surface area contributed by atoms with Gasteiger partial charge in [0, 0.05) is 19.4 Å². The number of hydrogen-bond acceptors (Lipinski definition) is 8. The Morgan fingerprint density at radius 3 is 1.01 bits per heavy atom. The molecule has 0 rings (SSSR count). The highest BCUT2D eigenvalue weighted by Gasteiger charge is 2.26. The summed E-state index contributed by atoms with van der Waals surface area (Å²) in [5.74, 6) is -0.908. The molecule has 0 aromatic heterocycles. The van der Waals surface area contributed by atoms with Crippen LogP contribution in [0.25, 0.3) is 0 Å². The molecule has 444 valence electrons. The Balaban J connectivity index is 3.97. The lowest BCUT2D eigenvalue weighted by atomic mass is 10.0. The highest BCUT2D eigenvalue weighted by molar-refractivity contribution is 7.47. The SMILES string of the molecule is CC/C=C\C/C=C\C/C=C\C/C=C\C/C=C\C/C=C\C/C=C\C/C=C\C/C=C\CCCCCCCCCCCCCCCC(=O)OC(COC(=O)CCC/C=C\C/C=C\C/C=C\C/C=C\C/C=C\CC)COP(=O)(O)OCCN. The summed E-state index contributed by atoms with van der Waals surface area (Å²) < 4.78 is 32.9. The van der Waals surface area contributed by atoms with Crippen molar-refractivity contribution in [1.29, 1.82) is 0 Å². The van der Waals surface area contributed by atoms with E-state index in [1.165, 1.54) is 64.2 Å². The molecule has 0 spiro atoms. The number of carbonyl (C=O) groups is 2. The van der Waals surface area contributed by atoms with Crippen molar-refractivity contribution < 1.29 is 37.6 Å². The normalized spacial score (nSPS) is 14.2. The first-order chi connectivity index (χ1) is 38.8. The van der Waals surface area contributed by atoms with E-state index in [0.717, 1.165) is 116 Å². The summed E-state index contributed by atoms with van der Waals surface area (Å²) >= 11 is 0. The van der Waals surface area contributed by atoms with Crippen molar-refractivity contribution in [3.05, 3.63) is 170 Å². The molecule has 0 aliphatic rings. The fourth-order valence-electron chi connectivity index (χ4n) is 7.66. The Bertz CT molecular complexity index is 1890. The van der Waals surface area contributed by atoms with E-state index in [2.05, 4.69) is 178 Å². The quantitative estimate of drug-likeness (QED) is 0.0264. The van der Waals surface area contributed by atoms with Gasteiger partial charge in [-0.2, -0.15) is 0 Å². The van der Waals surface area contributed by atoms with Crippen molar-refractivity contribution in [2.24, 2.45) is 5.73 Å². The number of esters is 2. The average Bonchev–Trinajstić information content (AvgIpc) is 3.44. The fourth-order valence-corrected chi connectivity index (χ4v) is 8.43. The Hall–Kier alpha value is -4.63. The highest BCUT2D eigenvalue weighted by Crippen LogP contribution is 2.43. The molecule has 2 unspecified atom stereocenters. The molecule has 0 saturated heterocycles. The molecule has 0 aliphatic heterocycles. The van der Waals surface area contributed by atoms with Gasteiger partial charge in [0.25, 0.3) is 0 Å². The van der Waals surface area contributed by atoms with Crippen LogP contribution in [0.4, 0.5) is 0 Å². The zero-order valence-electron chi connectivity index (χ0n) is 49.5. The van der Waals surface area contributed by atoms with E-state index >= 15 is 0 Å². The Labute approximate surface area is 482 Å². The van der Waals surface area contributed by atoms with Crippen LogP contribution in [-0.4, -0.2) is 49.3 Å². The maximum Gasteiger partial charge on any atom is 0.472 e. The second kappa shape index (κ2) is 62.6. The number of ether oxygens (including phenoxy) is 2. The molecule has 0 saturated carbocycles. The molecule has 9 nitrogen and oxygen atoms in total. The van der Waals surface area contributed by atoms with Crippen molar-refractivity contribution in [2.45, 2.75) is 225 Å². The van der Waals surface area contributed by atoms with Crippen LogP contribution >= 0.6 is 7.82 Å². The Morgan fingerprint density at radius 2 is 0.671 bits per heavy atom. The van der Waals surface area contributed by atoms with E-state index in [9.17, 15) is 19.0 Å². The van der Waals surface area contributed by atoms with Crippen LogP contribution in [0, 0.1) is 0 Å². The maximum atomic E-state index is 12.7. The van der Waals surface area contributed by atoms with E-state index in [4.69, 9.17) is 24.3 Å². The van der Waals surface area contributed by atoms with Gasteiger partial charge in [0.05, 0.1) is 13.2 Å². The zero-order valence-corrected chi connectivity index (χ0v) is 50.4. The summed E-state index contributed by atoms with van der Waals surface area (Å²) in [7, 11) is -4.41. The largest absolute Gasteiger partial charge is 0.472 e. The van der Waals surface area contributed by atoms with Crippen molar-refractivity contribution in [2.75, 3.05) is 26.4 Å². The smallest absolute Gasteiger partial charge is 0.462 e. The van der Waals surface area contributed by atoms with Gasteiger partial charge in [-0.25, -0.2) is 4.57 Å². The molecule has 79 heavy (non-hydrogen) atoms. The van der Waals surface area contributed by atoms with E-state index in [1.54, 1.807) is 0 Å². The standard InChI is InChI=1S/C69H110NO8P/c1-3-5-7-9-11-13-15-17-19-21-22-23-24-25-26-27-28-29-30-31-32-33-34-35-36-37-38-39-40-41-42-43-44-46-48-50-52-54-56-58-60-62-69(72)78-67(66-77-79(73,74)76-64-63-70)65-75-68(71)61-59-57-55-53-51-49-47-45-20-18-16-14-12-10-8-6-4-2/h5-8,11-14,17-20,22-23,25-26,28-29,31-32,34-35,37-38,47,49,53,55,67H,3-4,9-10,15-16,21,24,27,30,33,36,39-46,48,50-52,54,56-66,70H2,1-2H3,(H,73,74)/b7-5-,8-6-,13-11-,14-12-,19-17-,20-18-,23-22-,26-25-,29-28-,32-31-,35-34-,38-37-,49-47-,55-53-. The minimum Gasteiger partial charge on any atom is -0.462 e. The lowest BCUT2D eigenvalue weighted by Gasteiger charge is -2.19. The molecule has 0 heterocycles. The van der Waals surface area contributed by atoms with Crippen molar-refractivity contribution in [3.63, 3.8) is 0 Å². The summed E-state index contributed by atoms with van der Waals surface area (Å²) in [5, 5.41) is 0. The Kier molecular flexibility index (Phi) is 58.9.